The van der Waals surface area contributed by atoms with Crippen LogP contribution in [0.25, 0.3) is 0 Å². The smallest absolute Gasteiger partial charge is 0.254 e. The van der Waals surface area contributed by atoms with Crippen molar-refractivity contribution < 1.29 is 4.74 Å². The van der Waals surface area contributed by atoms with Crippen molar-refractivity contribution in [3.63, 3.8) is 0 Å². The Morgan fingerprint density at radius 2 is 2.00 bits per heavy atom. The Morgan fingerprint density at radius 1 is 1.29 bits per heavy atom. The van der Waals surface area contributed by atoms with Crippen molar-refractivity contribution in [3.8, 4) is 0 Å². The molecular formula is C16H20N4O. The Balaban J connectivity index is 2.15. The number of anilines is 1. The van der Waals surface area contributed by atoms with E-state index < -0.39 is 0 Å². The van der Waals surface area contributed by atoms with Gasteiger partial charge in [0.15, 0.2) is 5.90 Å². The Morgan fingerprint density at radius 3 is 2.62 bits per heavy atom. The molecule has 0 saturated heterocycles. The van der Waals surface area contributed by atoms with Crippen LogP contribution >= 0.6 is 0 Å². The minimum atomic E-state index is 0.325. The topological polar surface area (TPSA) is 73.4 Å². The average molecular weight is 284 g/mol. The van der Waals surface area contributed by atoms with E-state index in [0.717, 1.165) is 5.56 Å². The number of nitrogen functional groups attached to an aromatic ring is 1. The second kappa shape index (κ2) is 6.83. The Bertz CT molecular complexity index is 635. The van der Waals surface area contributed by atoms with E-state index in [2.05, 4.69) is 46.1 Å². The third kappa shape index (κ3) is 4.27. The molecule has 0 aliphatic heterocycles. The lowest BCUT2D eigenvalue weighted by atomic mass is 10.1. The summed E-state index contributed by atoms with van der Waals surface area (Å²) in [7, 11) is 0. The van der Waals surface area contributed by atoms with E-state index in [4.69, 9.17) is 10.5 Å². The van der Waals surface area contributed by atoms with Crippen LogP contribution in [0.3, 0.4) is 0 Å². The van der Waals surface area contributed by atoms with E-state index in [-0.39, 0.29) is 0 Å². The van der Waals surface area contributed by atoms with Gasteiger partial charge in [0, 0.05) is 25.1 Å². The minimum Gasteiger partial charge on any atom is -0.481 e. The molecule has 0 aliphatic rings. The monoisotopic (exact) mass is 284 g/mol. The quantitative estimate of drug-likeness (QED) is 0.691. The molecular weight excluding hydrogens is 264 g/mol. The molecule has 0 atom stereocenters. The van der Waals surface area contributed by atoms with Crippen LogP contribution < -0.4 is 5.73 Å². The van der Waals surface area contributed by atoms with Crippen LogP contribution in [-0.4, -0.2) is 22.5 Å². The predicted molar refractivity (Wildman–Crippen MR) is 84.8 cm³/mol. The zero-order chi connectivity index (χ0) is 15.2. The molecule has 0 saturated carbocycles. The summed E-state index contributed by atoms with van der Waals surface area (Å²) in [4.78, 5) is 12.6. The van der Waals surface area contributed by atoms with Crippen molar-refractivity contribution in [2.75, 3.05) is 12.3 Å². The highest BCUT2D eigenvalue weighted by Gasteiger charge is 2.05. The van der Waals surface area contributed by atoms with Gasteiger partial charge in [0.05, 0.1) is 6.61 Å². The molecule has 1 aromatic heterocycles. The van der Waals surface area contributed by atoms with E-state index in [1.54, 1.807) is 13.1 Å². The van der Waals surface area contributed by atoms with Crippen LogP contribution in [0.1, 0.15) is 30.5 Å². The van der Waals surface area contributed by atoms with Crippen LogP contribution in [0.15, 0.2) is 35.5 Å². The van der Waals surface area contributed by atoms with Gasteiger partial charge in [-0.3, -0.25) is 0 Å². The van der Waals surface area contributed by atoms with Crippen LogP contribution in [0.5, 0.6) is 0 Å². The van der Waals surface area contributed by atoms with Crippen LogP contribution in [0.2, 0.25) is 0 Å². The van der Waals surface area contributed by atoms with Crippen LogP contribution in [0, 0.1) is 6.92 Å². The van der Waals surface area contributed by atoms with Crippen molar-refractivity contribution in [2.45, 2.75) is 27.2 Å². The highest BCUT2D eigenvalue weighted by molar-refractivity contribution is 5.75. The number of nitrogens with two attached hydrogens (primary N) is 1. The molecule has 1 heterocycles. The number of aliphatic imine (C=N–C) groups is 1. The number of aryl methyl sites for hydroxylation is 1. The first kappa shape index (κ1) is 15.0. The standard InChI is InChI=1S/C16H20N4O/c1-4-21-12(3)19-16-18-10-14(15(17)20-16)9-13-7-5-11(2)6-8-13/h5-8,10H,4,9H2,1-3H3,(H2,17,18,20). The summed E-state index contributed by atoms with van der Waals surface area (Å²) < 4.78 is 5.25. The number of ether oxygens (including phenoxy) is 1. The van der Waals surface area contributed by atoms with Crippen LogP contribution in [0.4, 0.5) is 11.8 Å². The first-order valence-corrected chi connectivity index (χ1v) is 6.93. The maximum Gasteiger partial charge on any atom is 0.254 e. The molecule has 0 unspecified atom stereocenters. The number of rotatable bonds is 4. The van der Waals surface area contributed by atoms with Gasteiger partial charge in [0.2, 0.25) is 0 Å². The first-order chi connectivity index (χ1) is 10.1. The fourth-order valence-corrected chi connectivity index (χ4v) is 1.91. The van der Waals surface area contributed by atoms with Crippen molar-refractivity contribution >= 4 is 17.7 Å². The minimum absolute atomic E-state index is 0.325. The molecule has 21 heavy (non-hydrogen) atoms. The molecule has 110 valence electrons. The molecule has 2 aromatic rings. The normalized spacial score (nSPS) is 11.5. The molecule has 0 fully saturated rings. The lowest BCUT2D eigenvalue weighted by Crippen LogP contribution is -2.02. The Kier molecular flexibility index (Phi) is 4.87. The van der Waals surface area contributed by atoms with Gasteiger partial charge in [0.25, 0.3) is 5.95 Å². The number of hydrogen-bond donors (Lipinski definition) is 1. The van der Waals surface area contributed by atoms with E-state index in [1.807, 2.05) is 6.92 Å². The molecule has 0 aliphatic carbocycles. The van der Waals surface area contributed by atoms with Crippen molar-refractivity contribution in [3.05, 3.63) is 47.2 Å². The fourth-order valence-electron chi connectivity index (χ4n) is 1.91. The number of aromatic nitrogens is 2. The van der Waals surface area contributed by atoms with Gasteiger partial charge in [-0.2, -0.15) is 9.98 Å². The zero-order valence-electron chi connectivity index (χ0n) is 12.6. The SMILES string of the molecule is CCOC(C)=Nc1ncc(Cc2ccc(C)cc2)c(N)n1. The van der Waals surface area contributed by atoms with E-state index in [9.17, 15) is 0 Å². The molecule has 2 N–H and O–H groups in total. The maximum atomic E-state index is 5.99. The summed E-state index contributed by atoms with van der Waals surface area (Å²) in [6, 6.07) is 8.33. The summed E-state index contributed by atoms with van der Waals surface area (Å²) in [6.45, 7) is 6.30. The van der Waals surface area contributed by atoms with E-state index >= 15 is 0 Å². The highest BCUT2D eigenvalue weighted by atomic mass is 16.5. The summed E-state index contributed by atoms with van der Waals surface area (Å²) in [5.74, 6) is 1.31. The largest absolute Gasteiger partial charge is 0.481 e. The molecule has 0 radical (unpaired) electrons. The van der Waals surface area contributed by atoms with E-state index in [1.165, 1.54) is 11.1 Å². The molecule has 1 aromatic carbocycles. The van der Waals surface area contributed by atoms with Gasteiger partial charge in [-0.1, -0.05) is 29.8 Å². The lowest BCUT2D eigenvalue weighted by molar-refractivity contribution is 0.324. The second-order valence-electron chi connectivity index (χ2n) is 4.81. The number of benzene rings is 1. The molecule has 2 rings (SSSR count). The van der Waals surface area contributed by atoms with Crippen molar-refractivity contribution in [1.29, 1.82) is 0 Å². The van der Waals surface area contributed by atoms with Crippen molar-refractivity contribution in [2.24, 2.45) is 4.99 Å². The maximum absolute atomic E-state index is 5.99. The van der Waals surface area contributed by atoms with Gasteiger partial charge < -0.3 is 10.5 Å². The van der Waals surface area contributed by atoms with Gasteiger partial charge >= 0.3 is 0 Å². The number of nitrogens with zero attached hydrogens (tertiary/aromatic N) is 3. The summed E-state index contributed by atoms with van der Waals surface area (Å²) >= 11 is 0. The van der Waals surface area contributed by atoms with Gasteiger partial charge in [-0.15, -0.1) is 0 Å². The lowest BCUT2D eigenvalue weighted by Gasteiger charge is -2.06. The van der Waals surface area contributed by atoms with E-state index in [0.29, 0.717) is 30.7 Å². The molecule has 0 amide bonds. The Labute approximate surface area is 124 Å². The van der Waals surface area contributed by atoms with Gasteiger partial charge in [0.1, 0.15) is 5.82 Å². The molecule has 5 heteroatoms. The highest BCUT2D eigenvalue weighted by Crippen LogP contribution is 2.17. The average Bonchev–Trinajstić information content (AvgIpc) is 2.44. The summed E-state index contributed by atoms with van der Waals surface area (Å²) in [5, 5.41) is 0. The third-order valence-electron chi connectivity index (χ3n) is 3.01. The summed E-state index contributed by atoms with van der Waals surface area (Å²) in [5.41, 5.74) is 9.30. The third-order valence-corrected chi connectivity index (χ3v) is 3.01. The molecule has 5 nitrogen and oxygen atoms in total. The van der Waals surface area contributed by atoms with Gasteiger partial charge in [-0.25, -0.2) is 4.98 Å². The zero-order valence-corrected chi connectivity index (χ0v) is 12.6. The fraction of sp³-hybridized carbons (Fsp3) is 0.312. The van der Waals surface area contributed by atoms with Crippen LogP contribution in [-0.2, 0) is 11.2 Å². The van der Waals surface area contributed by atoms with Gasteiger partial charge in [-0.05, 0) is 19.4 Å². The second-order valence-corrected chi connectivity index (χ2v) is 4.81. The summed E-state index contributed by atoms with van der Waals surface area (Å²) in [6.07, 6.45) is 2.43. The molecule has 0 bridgehead atoms. The number of hydrogen-bond acceptors (Lipinski definition) is 5. The molecule has 0 spiro atoms. The predicted octanol–water partition coefficient (Wildman–Crippen LogP) is 3.04. The van der Waals surface area contributed by atoms with Crippen molar-refractivity contribution in [1.82, 2.24) is 9.97 Å². The first-order valence-electron chi connectivity index (χ1n) is 6.93. The Hall–Kier alpha value is -2.43.